The van der Waals surface area contributed by atoms with E-state index in [9.17, 15) is 69.3 Å². The summed E-state index contributed by atoms with van der Waals surface area (Å²) in [6, 6.07) is 18.7. The molecule has 3 aromatic carbocycles. The maximum Gasteiger partial charge on any atom is 0.338 e. The summed E-state index contributed by atoms with van der Waals surface area (Å²) in [5, 5.41) is 51.7. The zero-order valence-corrected chi connectivity index (χ0v) is 38.9. The lowest BCUT2D eigenvalue weighted by Gasteiger charge is -2.11. The van der Waals surface area contributed by atoms with Gasteiger partial charge >= 0.3 is 35.8 Å². The fraction of sp³-hybridized carbons (Fsp3) is 0.292. The number of benzene rings is 3. The highest BCUT2D eigenvalue weighted by Gasteiger charge is 2.23. The Labute approximate surface area is 420 Å². The van der Waals surface area contributed by atoms with E-state index in [1.807, 2.05) is 0 Å². The monoisotopic (exact) mass is 1030 g/mol. The van der Waals surface area contributed by atoms with Crippen LogP contribution in [0.1, 0.15) is 16.7 Å². The van der Waals surface area contributed by atoms with Crippen LogP contribution in [0.15, 0.2) is 109 Å². The van der Waals surface area contributed by atoms with Crippen molar-refractivity contribution in [1.82, 2.24) is 0 Å². The van der Waals surface area contributed by atoms with E-state index in [0.29, 0.717) is 23.3 Å². The quantitative estimate of drug-likeness (QED) is 0.0180. The van der Waals surface area contributed by atoms with E-state index in [2.05, 4.69) is 26.1 Å². The summed E-state index contributed by atoms with van der Waals surface area (Å²) in [4.78, 5) is 95.6. The number of aliphatic hydroxyl groups is 2. The van der Waals surface area contributed by atoms with Crippen molar-refractivity contribution in [2.24, 2.45) is 0 Å². The van der Waals surface area contributed by atoms with E-state index >= 15 is 0 Å². The number of esters is 6. The number of terminal acetylenes is 2. The third kappa shape index (κ3) is 27.4. The van der Waals surface area contributed by atoms with Crippen molar-refractivity contribution in [3.05, 3.63) is 156 Å². The van der Waals surface area contributed by atoms with Gasteiger partial charge in [0.25, 0.3) is 17.1 Å². The Bertz CT molecular complexity index is 2440. The number of nitro benzene ring substituents is 3. The standard InChI is InChI=1S/2C17H17NO8.C10H11NO4.C4H2O3/c2*1-2-9-25-16(20)7-8-17(21)26-12-14(19)11-24-10-13-5-3-4-6-15(13)18(22)23;12-11(13)10-4-2-1-3-8(10)5-14-6-9-7-15-9;5-3-1-2-4(6)7-3/h2*1,3-8,14,19H,9-12H2;1-4,9H,5-7H2;1-2H/b8-7+;8-7-;;. The zero-order chi connectivity index (χ0) is 54.7. The lowest BCUT2D eigenvalue weighted by Crippen LogP contribution is -2.23. The highest BCUT2D eigenvalue weighted by atomic mass is 16.6. The van der Waals surface area contributed by atoms with Crippen LogP contribution in [0.5, 0.6) is 0 Å². The van der Waals surface area contributed by atoms with Crippen molar-refractivity contribution < 1.29 is 96.4 Å². The number of rotatable bonds is 25. The van der Waals surface area contributed by atoms with E-state index in [1.165, 1.54) is 42.5 Å². The predicted molar refractivity (Wildman–Crippen MR) is 250 cm³/mol. The van der Waals surface area contributed by atoms with Gasteiger partial charge in [0.2, 0.25) is 0 Å². The molecule has 0 saturated carbocycles. The van der Waals surface area contributed by atoms with Crippen LogP contribution in [0, 0.1) is 55.0 Å². The van der Waals surface area contributed by atoms with Gasteiger partial charge in [-0.05, 0) is 18.2 Å². The van der Waals surface area contributed by atoms with Crippen LogP contribution in [0.2, 0.25) is 0 Å². The number of nitro groups is 3. The van der Waals surface area contributed by atoms with Crippen LogP contribution in [0.4, 0.5) is 17.1 Å². The fourth-order valence-electron chi connectivity index (χ4n) is 4.95. The Hall–Kier alpha value is -9.02. The van der Waals surface area contributed by atoms with Crippen LogP contribution < -0.4 is 0 Å². The molecule has 0 bridgehead atoms. The van der Waals surface area contributed by atoms with Gasteiger partial charge in [0.05, 0.1) is 77.7 Å². The molecule has 0 spiro atoms. The number of ether oxygens (including phenoxy) is 9. The molecule has 2 aliphatic rings. The average Bonchev–Trinajstić information content (AvgIpc) is 4.14. The normalized spacial score (nSPS) is 13.6. The summed E-state index contributed by atoms with van der Waals surface area (Å²) < 4.78 is 43.0. The molecule has 2 aliphatic heterocycles. The van der Waals surface area contributed by atoms with Gasteiger partial charge in [-0.15, -0.1) is 12.8 Å². The van der Waals surface area contributed by atoms with Crippen molar-refractivity contribution in [1.29, 1.82) is 0 Å². The molecule has 3 atom stereocenters. The molecule has 3 unspecified atom stereocenters. The molecule has 392 valence electrons. The first-order chi connectivity index (χ1) is 35.4. The van der Waals surface area contributed by atoms with Gasteiger partial charge in [-0.2, -0.15) is 0 Å². The maximum atomic E-state index is 11.4. The highest BCUT2D eigenvalue weighted by molar-refractivity contribution is 6.05. The van der Waals surface area contributed by atoms with Gasteiger partial charge in [-0.25, -0.2) is 28.8 Å². The second-order valence-electron chi connectivity index (χ2n) is 14.1. The minimum atomic E-state index is -1.14. The summed E-state index contributed by atoms with van der Waals surface area (Å²) >= 11 is 0. The Morgan fingerprint density at radius 2 is 0.905 bits per heavy atom. The van der Waals surface area contributed by atoms with Crippen molar-refractivity contribution >= 4 is 52.9 Å². The van der Waals surface area contributed by atoms with E-state index < -0.39 is 62.8 Å². The van der Waals surface area contributed by atoms with Crippen molar-refractivity contribution in [3.63, 3.8) is 0 Å². The minimum Gasteiger partial charge on any atom is -0.460 e. The van der Waals surface area contributed by atoms with Gasteiger partial charge in [-0.1, -0.05) is 48.2 Å². The zero-order valence-electron chi connectivity index (χ0n) is 38.9. The molecule has 0 aliphatic carbocycles. The number of cyclic esters (lactones) is 2. The molecule has 1 fully saturated rings. The van der Waals surface area contributed by atoms with E-state index in [0.717, 1.165) is 43.1 Å². The van der Waals surface area contributed by atoms with Crippen LogP contribution in [0.25, 0.3) is 0 Å². The third-order valence-corrected chi connectivity index (χ3v) is 8.36. The molecule has 2 heterocycles. The number of para-hydroxylation sites is 3. The third-order valence-electron chi connectivity index (χ3n) is 8.36. The molecule has 5 rings (SSSR count). The molecular weight excluding hydrogens is 987 g/mol. The summed E-state index contributed by atoms with van der Waals surface area (Å²) in [5.41, 5.74) is 1.24. The lowest BCUT2D eigenvalue weighted by molar-refractivity contribution is -0.386. The van der Waals surface area contributed by atoms with Gasteiger partial charge < -0.3 is 52.8 Å². The largest absolute Gasteiger partial charge is 0.460 e. The molecule has 2 N–H and O–H groups in total. The molecular formula is C48H47N3O23. The number of carbonyl (C=O) groups is 6. The number of hydrogen-bond acceptors (Lipinski definition) is 23. The Kier molecular flexibility index (Phi) is 29.0. The summed E-state index contributed by atoms with van der Waals surface area (Å²) in [6.45, 7) is -0.243. The number of nitrogens with zero attached hydrogens (tertiary/aromatic N) is 3. The fourth-order valence-corrected chi connectivity index (χ4v) is 4.95. The Morgan fingerprint density at radius 3 is 1.20 bits per heavy atom. The molecule has 0 aromatic heterocycles. The van der Waals surface area contributed by atoms with Gasteiger partial charge in [0.1, 0.15) is 31.5 Å². The first kappa shape index (κ1) is 61.1. The smallest absolute Gasteiger partial charge is 0.338 e. The lowest BCUT2D eigenvalue weighted by atomic mass is 10.2. The topological polar surface area (TPSA) is 359 Å². The summed E-state index contributed by atoms with van der Waals surface area (Å²) in [5.74, 6) is -0.295. The van der Waals surface area contributed by atoms with E-state index in [-0.39, 0.29) is 82.6 Å². The second kappa shape index (κ2) is 35.1. The van der Waals surface area contributed by atoms with Crippen LogP contribution in [-0.4, -0.2) is 132 Å². The average molecular weight is 1030 g/mol. The van der Waals surface area contributed by atoms with E-state index in [4.69, 9.17) is 41.3 Å². The minimum absolute atomic E-state index is 0.0803. The second-order valence-corrected chi connectivity index (χ2v) is 14.1. The van der Waals surface area contributed by atoms with Gasteiger partial charge in [-0.3, -0.25) is 30.3 Å². The van der Waals surface area contributed by atoms with Gasteiger partial charge in [0, 0.05) is 54.7 Å². The number of carbonyl (C=O) groups excluding carboxylic acids is 6. The molecule has 0 radical (unpaired) electrons. The molecule has 26 heteroatoms. The van der Waals surface area contributed by atoms with E-state index in [1.54, 1.807) is 30.3 Å². The Balaban J connectivity index is 0.000000365. The Morgan fingerprint density at radius 1 is 0.581 bits per heavy atom. The molecule has 26 nitrogen and oxygen atoms in total. The SMILES string of the molecule is C#CCOC(=O)/C=C/C(=O)OCC(O)COCc1ccccc1[N+](=O)[O-].C#CCOC(=O)/C=C\C(=O)OCC(O)COCc1ccccc1[N+](=O)[O-].O=C1C=CC(=O)O1.O=[N+]([O-])c1ccccc1COCC1CO1. The van der Waals surface area contributed by atoms with Crippen LogP contribution in [0.3, 0.4) is 0 Å². The predicted octanol–water partition coefficient (Wildman–Crippen LogP) is 2.63. The molecule has 0 amide bonds. The number of aliphatic hydroxyl groups excluding tert-OH is 2. The molecule has 3 aromatic rings. The first-order valence-corrected chi connectivity index (χ1v) is 21.2. The first-order valence-electron chi connectivity index (χ1n) is 21.2. The van der Waals surface area contributed by atoms with Crippen molar-refractivity contribution in [2.75, 3.05) is 52.9 Å². The van der Waals surface area contributed by atoms with Crippen LogP contribution in [-0.2, 0) is 91.2 Å². The van der Waals surface area contributed by atoms with Crippen molar-refractivity contribution in [3.8, 4) is 24.7 Å². The maximum absolute atomic E-state index is 11.4. The van der Waals surface area contributed by atoms with Gasteiger partial charge in [0.15, 0.2) is 13.2 Å². The number of epoxide rings is 1. The van der Waals surface area contributed by atoms with Crippen LogP contribution >= 0.6 is 0 Å². The molecule has 74 heavy (non-hydrogen) atoms. The summed E-state index contributed by atoms with van der Waals surface area (Å²) in [7, 11) is 0. The molecule has 1 saturated heterocycles. The van der Waals surface area contributed by atoms with Crippen molar-refractivity contribution in [2.45, 2.75) is 38.1 Å². The highest BCUT2D eigenvalue weighted by Crippen LogP contribution is 2.21. The summed E-state index contributed by atoms with van der Waals surface area (Å²) in [6.07, 6.45) is 13.2. The number of hydrogen-bond donors (Lipinski definition) is 2.